The highest BCUT2D eigenvalue weighted by Gasteiger charge is 2.32. The molecule has 3 rings (SSSR count). The van der Waals surface area contributed by atoms with Crippen molar-refractivity contribution >= 4 is 0 Å². The zero-order chi connectivity index (χ0) is 20.0. The molecule has 0 radical (unpaired) electrons. The lowest BCUT2D eigenvalue weighted by Crippen LogP contribution is -2.38. The van der Waals surface area contributed by atoms with E-state index in [9.17, 15) is 13.2 Å². The van der Waals surface area contributed by atoms with Crippen molar-refractivity contribution in [1.29, 1.82) is 0 Å². The molecule has 1 saturated heterocycles. The van der Waals surface area contributed by atoms with Crippen LogP contribution in [-0.4, -0.2) is 25.9 Å². The third kappa shape index (κ3) is 6.66. The van der Waals surface area contributed by atoms with Crippen LogP contribution >= 0.6 is 0 Å². The van der Waals surface area contributed by atoms with E-state index in [0.29, 0.717) is 17.8 Å². The number of benzene rings is 1. The molecule has 0 aromatic heterocycles. The highest BCUT2D eigenvalue weighted by Crippen LogP contribution is 2.36. The van der Waals surface area contributed by atoms with Crippen molar-refractivity contribution in [2.24, 2.45) is 17.8 Å². The van der Waals surface area contributed by atoms with Crippen LogP contribution in [0.1, 0.15) is 57.4 Å². The van der Waals surface area contributed by atoms with E-state index in [2.05, 4.69) is 11.7 Å². The predicted octanol–water partition coefficient (Wildman–Crippen LogP) is 6.11. The maximum Gasteiger partial charge on any atom is 0.573 e. The van der Waals surface area contributed by atoms with Gasteiger partial charge >= 0.3 is 6.36 Å². The number of alkyl halides is 3. The van der Waals surface area contributed by atoms with Crippen molar-refractivity contribution in [3.63, 3.8) is 0 Å². The van der Waals surface area contributed by atoms with Gasteiger partial charge in [-0.05, 0) is 68.6 Å². The van der Waals surface area contributed by atoms with Crippen molar-refractivity contribution in [2.75, 3.05) is 13.2 Å². The molecule has 1 saturated carbocycles. The fourth-order valence-corrected chi connectivity index (χ4v) is 4.38. The van der Waals surface area contributed by atoms with Gasteiger partial charge in [0.25, 0.3) is 0 Å². The Kier molecular flexibility index (Phi) is 7.63. The Morgan fingerprint density at radius 1 is 0.929 bits per heavy atom. The van der Waals surface area contributed by atoms with E-state index in [1.807, 2.05) is 0 Å². The van der Waals surface area contributed by atoms with E-state index in [-0.39, 0.29) is 12.0 Å². The van der Waals surface area contributed by atoms with E-state index >= 15 is 0 Å². The molecule has 1 aliphatic heterocycles. The highest BCUT2D eigenvalue weighted by atomic mass is 19.4. The molecule has 158 valence electrons. The summed E-state index contributed by atoms with van der Waals surface area (Å²) < 4.78 is 52.5. The molecule has 0 atom stereocenters. The number of ether oxygens (including phenoxy) is 3. The molecular formula is C22H31F3O3. The summed E-state index contributed by atoms with van der Waals surface area (Å²) in [7, 11) is 0. The topological polar surface area (TPSA) is 27.7 Å². The Hall–Kier alpha value is -1.27. The third-order valence-electron chi connectivity index (χ3n) is 5.96. The van der Waals surface area contributed by atoms with Crippen molar-refractivity contribution < 1.29 is 27.4 Å². The monoisotopic (exact) mass is 400 g/mol. The Labute approximate surface area is 165 Å². The summed E-state index contributed by atoms with van der Waals surface area (Å²) in [5.41, 5.74) is 1.05. The largest absolute Gasteiger partial charge is 0.573 e. The van der Waals surface area contributed by atoms with Gasteiger partial charge in [0.2, 0.25) is 0 Å². The van der Waals surface area contributed by atoms with Crippen LogP contribution in [-0.2, 0) is 15.9 Å². The molecule has 2 fully saturated rings. The Morgan fingerprint density at radius 3 is 2.14 bits per heavy atom. The van der Waals surface area contributed by atoms with Gasteiger partial charge in [-0.1, -0.05) is 25.5 Å². The van der Waals surface area contributed by atoms with Crippen LogP contribution in [0.3, 0.4) is 0 Å². The van der Waals surface area contributed by atoms with Gasteiger partial charge in [0.05, 0.1) is 13.2 Å². The second kappa shape index (κ2) is 9.97. The molecule has 1 heterocycles. The van der Waals surface area contributed by atoms with Gasteiger partial charge in [0.1, 0.15) is 5.75 Å². The summed E-state index contributed by atoms with van der Waals surface area (Å²) in [4.78, 5) is 0. The predicted molar refractivity (Wildman–Crippen MR) is 101 cm³/mol. The summed E-state index contributed by atoms with van der Waals surface area (Å²) in [5, 5.41) is 0. The second-order valence-electron chi connectivity index (χ2n) is 8.20. The van der Waals surface area contributed by atoms with Crippen LogP contribution in [0.25, 0.3) is 0 Å². The lowest BCUT2D eigenvalue weighted by Gasteiger charge is -2.37. The van der Waals surface area contributed by atoms with Crippen molar-refractivity contribution in [3.05, 3.63) is 29.8 Å². The molecule has 0 spiro atoms. The Morgan fingerprint density at radius 2 is 1.57 bits per heavy atom. The summed E-state index contributed by atoms with van der Waals surface area (Å²) in [5.74, 6) is 1.55. The molecule has 1 aliphatic carbocycles. The highest BCUT2D eigenvalue weighted by molar-refractivity contribution is 5.27. The minimum Gasteiger partial charge on any atom is -0.406 e. The molecular weight excluding hydrogens is 369 g/mol. The fourth-order valence-electron chi connectivity index (χ4n) is 4.38. The molecule has 1 aromatic rings. The summed E-state index contributed by atoms with van der Waals surface area (Å²) in [6.45, 7) is 3.84. The second-order valence-corrected chi connectivity index (χ2v) is 8.20. The van der Waals surface area contributed by atoms with Crippen LogP contribution in [0.5, 0.6) is 5.75 Å². The summed E-state index contributed by atoms with van der Waals surface area (Å²) in [6.07, 6.45) is 4.22. The SMILES string of the molecule is CCCC1COC(C2CCC(CCc3ccc(OC(F)(F)F)cc3)CC2)OC1. The van der Waals surface area contributed by atoms with Crippen LogP contribution in [0.2, 0.25) is 0 Å². The number of hydrogen-bond donors (Lipinski definition) is 0. The molecule has 28 heavy (non-hydrogen) atoms. The zero-order valence-electron chi connectivity index (χ0n) is 16.5. The quantitative estimate of drug-likeness (QED) is 0.552. The van der Waals surface area contributed by atoms with Gasteiger partial charge in [-0.25, -0.2) is 0 Å². The average Bonchev–Trinajstić information content (AvgIpc) is 2.68. The van der Waals surface area contributed by atoms with Gasteiger partial charge in [-0.2, -0.15) is 0 Å². The molecule has 0 unspecified atom stereocenters. The van der Waals surface area contributed by atoms with Gasteiger partial charge in [0.15, 0.2) is 6.29 Å². The van der Waals surface area contributed by atoms with E-state index in [4.69, 9.17) is 9.47 Å². The molecule has 0 amide bonds. The molecule has 6 heteroatoms. The minimum absolute atomic E-state index is 0.0322. The standard InChI is InChI=1S/C22H31F3O3/c1-2-3-18-14-26-21(27-15-18)19-10-6-16(7-11-19)4-5-17-8-12-20(13-9-17)28-22(23,24)25/h8-9,12-13,16,18-19,21H,2-7,10-11,14-15H2,1H3. The lowest BCUT2D eigenvalue weighted by molar-refractivity contribution is -0.274. The number of aryl methyl sites for hydroxylation is 1. The van der Waals surface area contributed by atoms with Crippen molar-refractivity contribution in [2.45, 2.75) is 70.9 Å². The van der Waals surface area contributed by atoms with Crippen molar-refractivity contribution in [3.8, 4) is 5.75 Å². The Bertz CT molecular complexity index is 572. The van der Waals surface area contributed by atoms with E-state index in [0.717, 1.165) is 44.5 Å². The molecule has 1 aromatic carbocycles. The summed E-state index contributed by atoms with van der Waals surface area (Å²) >= 11 is 0. The number of rotatable bonds is 7. The number of hydrogen-bond acceptors (Lipinski definition) is 3. The van der Waals surface area contributed by atoms with Crippen LogP contribution < -0.4 is 4.74 Å². The first kappa shape index (κ1) is 21.4. The Balaban J connectivity index is 1.36. The van der Waals surface area contributed by atoms with E-state index in [1.54, 1.807) is 12.1 Å². The molecule has 0 bridgehead atoms. The molecule has 0 N–H and O–H groups in total. The normalized spacial score (nSPS) is 28.9. The van der Waals surface area contributed by atoms with Crippen LogP contribution in [0.15, 0.2) is 24.3 Å². The zero-order valence-corrected chi connectivity index (χ0v) is 16.5. The average molecular weight is 400 g/mol. The van der Waals surface area contributed by atoms with E-state index < -0.39 is 6.36 Å². The van der Waals surface area contributed by atoms with Gasteiger partial charge < -0.3 is 14.2 Å². The maximum absolute atomic E-state index is 12.2. The first-order chi connectivity index (χ1) is 13.4. The smallest absolute Gasteiger partial charge is 0.406 e. The maximum atomic E-state index is 12.2. The van der Waals surface area contributed by atoms with E-state index in [1.165, 1.54) is 37.8 Å². The van der Waals surface area contributed by atoms with Gasteiger partial charge in [0, 0.05) is 11.8 Å². The first-order valence-corrected chi connectivity index (χ1v) is 10.5. The number of halogens is 3. The lowest BCUT2D eigenvalue weighted by atomic mass is 9.79. The van der Waals surface area contributed by atoms with Gasteiger partial charge in [-0.3, -0.25) is 0 Å². The minimum atomic E-state index is -4.64. The summed E-state index contributed by atoms with van der Waals surface area (Å²) in [6, 6.07) is 6.23. The fraction of sp³-hybridized carbons (Fsp3) is 0.727. The van der Waals surface area contributed by atoms with Crippen molar-refractivity contribution in [1.82, 2.24) is 0 Å². The van der Waals surface area contributed by atoms with Crippen LogP contribution in [0, 0.1) is 17.8 Å². The first-order valence-electron chi connectivity index (χ1n) is 10.5. The van der Waals surface area contributed by atoms with Crippen LogP contribution in [0.4, 0.5) is 13.2 Å². The molecule has 3 nitrogen and oxygen atoms in total. The third-order valence-corrected chi connectivity index (χ3v) is 5.96. The molecule has 2 aliphatic rings. The van der Waals surface area contributed by atoms with Gasteiger partial charge in [-0.15, -0.1) is 13.2 Å².